The highest BCUT2D eigenvalue weighted by Crippen LogP contribution is 2.26. The lowest BCUT2D eigenvalue weighted by Gasteiger charge is -2.36. The van der Waals surface area contributed by atoms with Crippen molar-refractivity contribution >= 4 is 0 Å². The van der Waals surface area contributed by atoms with Crippen LogP contribution in [0.5, 0.6) is 0 Å². The predicted octanol–water partition coefficient (Wildman–Crippen LogP) is 4.88. The quantitative estimate of drug-likeness (QED) is 0.654. The molecule has 0 amide bonds. The minimum absolute atomic E-state index is 0.0913. The summed E-state index contributed by atoms with van der Waals surface area (Å²) in [6.07, 6.45) is 3.67. The Morgan fingerprint density at radius 1 is 0.810 bits per heavy atom. The van der Waals surface area contributed by atoms with Crippen molar-refractivity contribution < 1.29 is 0 Å². The molecule has 0 fully saturated rings. The van der Waals surface area contributed by atoms with Gasteiger partial charge in [-0.25, -0.2) is 0 Å². The summed E-state index contributed by atoms with van der Waals surface area (Å²) in [5.74, 6) is 0. The fraction of sp³-hybridized carbons (Fsp3) is 0.400. The van der Waals surface area contributed by atoms with Gasteiger partial charge < -0.3 is 0 Å². The third-order valence-electron chi connectivity index (χ3n) is 4.49. The molecule has 0 heterocycles. The van der Waals surface area contributed by atoms with Crippen molar-refractivity contribution in [2.75, 3.05) is 13.6 Å². The lowest BCUT2D eigenvalue weighted by atomic mass is 9.92. The van der Waals surface area contributed by atoms with Gasteiger partial charge in [-0.2, -0.15) is 0 Å². The zero-order valence-corrected chi connectivity index (χ0v) is 13.5. The molecule has 0 bridgehead atoms. The summed E-state index contributed by atoms with van der Waals surface area (Å²) < 4.78 is 0. The van der Waals surface area contributed by atoms with Crippen molar-refractivity contribution in [3.63, 3.8) is 0 Å². The highest BCUT2D eigenvalue weighted by molar-refractivity contribution is 5.22. The second-order valence-electron chi connectivity index (χ2n) is 6.29. The van der Waals surface area contributed by atoms with Gasteiger partial charge >= 0.3 is 0 Å². The number of unbranched alkanes of at least 4 members (excludes halogenated alkanes) is 1. The number of nitrogens with zero attached hydrogens (tertiary/aromatic N) is 1. The number of rotatable bonds is 7. The molecule has 2 aromatic rings. The van der Waals surface area contributed by atoms with Crippen molar-refractivity contribution in [2.45, 2.75) is 38.6 Å². The first-order valence-corrected chi connectivity index (χ1v) is 7.91. The van der Waals surface area contributed by atoms with Crippen molar-refractivity contribution in [1.82, 2.24) is 4.90 Å². The van der Waals surface area contributed by atoms with Crippen LogP contribution in [0.15, 0.2) is 60.7 Å². The molecule has 0 spiro atoms. The Kier molecular flexibility index (Phi) is 5.58. The van der Waals surface area contributed by atoms with Crippen LogP contribution in [0, 0.1) is 0 Å². The standard InChI is InChI=1S/C20H27N/c1-20(2,19-15-8-5-9-16-19)21(3)17-11-10-14-18-12-6-4-7-13-18/h4-9,12-13,15-16H,10-11,14,17H2,1-3H3. The summed E-state index contributed by atoms with van der Waals surface area (Å²) in [6.45, 7) is 5.74. The van der Waals surface area contributed by atoms with Crippen molar-refractivity contribution in [2.24, 2.45) is 0 Å². The molecule has 0 atom stereocenters. The summed E-state index contributed by atoms with van der Waals surface area (Å²) in [6, 6.07) is 21.6. The maximum atomic E-state index is 2.47. The van der Waals surface area contributed by atoms with E-state index in [4.69, 9.17) is 0 Å². The molecular formula is C20H27N. The molecule has 112 valence electrons. The Balaban J connectivity index is 1.80. The molecule has 0 saturated carbocycles. The molecule has 21 heavy (non-hydrogen) atoms. The first kappa shape index (κ1) is 15.8. The van der Waals surface area contributed by atoms with Crippen LogP contribution in [-0.2, 0) is 12.0 Å². The van der Waals surface area contributed by atoms with E-state index < -0.39 is 0 Å². The summed E-state index contributed by atoms with van der Waals surface area (Å²) >= 11 is 0. The van der Waals surface area contributed by atoms with Crippen molar-refractivity contribution in [3.05, 3.63) is 71.8 Å². The van der Waals surface area contributed by atoms with Gasteiger partial charge in [0.2, 0.25) is 0 Å². The van der Waals surface area contributed by atoms with E-state index in [2.05, 4.69) is 86.5 Å². The zero-order chi connectivity index (χ0) is 15.1. The molecule has 0 N–H and O–H groups in total. The van der Waals surface area contributed by atoms with Gasteiger partial charge in [0.1, 0.15) is 0 Å². The minimum atomic E-state index is 0.0913. The van der Waals surface area contributed by atoms with Crippen molar-refractivity contribution in [1.29, 1.82) is 0 Å². The average Bonchev–Trinajstić information content (AvgIpc) is 2.53. The molecule has 0 radical (unpaired) electrons. The summed E-state index contributed by atoms with van der Waals surface area (Å²) in [4.78, 5) is 2.47. The van der Waals surface area contributed by atoms with Crippen LogP contribution >= 0.6 is 0 Å². The highest BCUT2D eigenvalue weighted by atomic mass is 15.2. The molecule has 2 rings (SSSR count). The predicted molar refractivity (Wildman–Crippen MR) is 91.5 cm³/mol. The van der Waals surface area contributed by atoms with E-state index >= 15 is 0 Å². The largest absolute Gasteiger partial charge is 0.297 e. The number of aryl methyl sites for hydroxylation is 1. The fourth-order valence-corrected chi connectivity index (χ4v) is 2.67. The summed E-state index contributed by atoms with van der Waals surface area (Å²) in [5, 5.41) is 0. The van der Waals surface area contributed by atoms with Crippen LogP contribution in [0.25, 0.3) is 0 Å². The smallest absolute Gasteiger partial charge is 0.0401 e. The van der Waals surface area contributed by atoms with E-state index in [-0.39, 0.29) is 5.54 Å². The zero-order valence-electron chi connectivity index (χ0n) is 13.5. The Bertz CT molecular complexity index is 516. The van der Waals surface area contributed by atoms with Crippen LogP contribution in [0.4, 0.5) is 0 Å². The Morgan fingerprint density at radius 3 is 2.00 bits per heavy atom. The number of benzene rings is 2. The first-order valence-electron chi connectivity index (χ1n) is 7.91. The van der Waals surface area contributed by atoms with E-state index in [1.165, 1.54) is 30.4 Å². The number of hydrogen-bond acceptors (Lipinski definition) is 1. The first-order chi connectivity index (χ1) is 10.1. The van der Waals surface area contributed by atoms with Gasteiger partial charge in [0.05, 0.1) is 0 Å². The van der Waals surface area contributed by atoms with Gasteiger partial charge in [0.15, 0.2) is 0 Å². The van der Waals surface area contributed by atoms with Crippen LogP contribution in [0.1, 0.15) is 37.8 Å². The molecule has 0 aromatic heterocycles. The highest BCUT2D eigenvalue weighted by Gasteiger charge is 2.24. The van der Waals surface area contributed by atoms with Gasteiger partial charge in [0.25, 0.3) is 0 Å². The minimum Gasteiger partial charge on any atom is -0.297 e. The average molecular weight is 281 g/mol. The Labute approximate surface area is 129 Å². The molecule has 1 nitrogen and oxygen atoms in total. The lowest BCUT2D eigenvalue weighted by molar-refractivity contribution is 0.154. The second-order valence-corrected chi connectivity index (χ2v) is 6.29. The van der Waals surface area contributed by atoms with Crippen LogP contribution in [0.2, 0.25) is 0 Å². The van der Waals surface area contributed by atoms with Gasteiger partial charge in [-0.05, 0) is 57.8 Å². The van der Waals surface area contributed by atoms with Crippen LogP contribution < -0.4 is 0 Å². The third kappa shape index (κ3) is 4.44. The summed E-state index contributed by atoms with van der Waals surface area (Å²) in [5.41, 5.74) is 2.92. The van der Waals surface area contributed by atoms with Crippen LogP contribution in [-0.4, -0.2) is 18.5 Å². The topological polar surface area (TPSA) is 3.24 Å². The maximum absolute atomic E-state index is 2.47. The van der Waals surface area contributed by atoms with Gasteiger partial charge in [-0.3, -0.25) is 4.90 Å². The van der Waals surface area contributed by atoms with Gasteiger partial charge in [-0.1, -0.05) is 60.7 Å². The lowest BCUT2D eigenvalue weighted by Crippen LogP contribution is -2.39. The summed E-state index contributed by atoms with van der Waals surface area (Å²) in [7, 11) is 2.23. The Hall–Kier alpha value is -1.60. The van der Waals surface area contributed by atoms with E-state index in [1.807, 2.05) is 0 Å². The van der Waals surface area contributed by atoms with Crippen molar-refractivity contribution in [3.8, 4) is 0 Å². The molecule has 0 unspecified atom stereocenters. The molecule has 0 aliphatic rings. The Morgan fingerprint density at radius 2 is 1.38 bits per heavy atom. The fourth-order valence-electron chi connectivity index (χ4n) is 2.67. The molecule has 0 saturated heterocycles. The number of hydrogen-bond donors (Lipinski definition) is 0. The van der Waals surface area contributed by atoms with E-state index in [9.17, 15) is 0 Å². The van der Waals surface area contributed by atoms with Gasteiger partial charge in [-0.15, -0.1) is 0 Å². The monoisotopic (exact) mass is 281 g/mol. The van der Waals surface area contributed by atoms with E-state index in [0.717, 1.165) is 6.54 Å². The van der Waals surface area contributed by atoms with E-state index in [1.54, 1.807) is 0 Å². The maximum Gasteiger partial charge on any atom is 0.0401 e. The molecular weight excluding hydrogens is 254 g/mol. The molecule has 0 aliphatic heterocycles. The van der Waals surface area contributed by atoms with Gasteiger partial charge in [0, 0.05) is 5.54 Å². The molecule has 0 aliphatic carbocycles. The molecule has 1 heteroatoms. The normalized spacial score (nSPS) is 11.8. The van der Waals surface area contributed by atoms with E-state index in [0.29, 0.717) is 0 Å². The SMILES string of the molecule is CN(CCCCc1ccccc1)C(C)(C)c1ccccc1. The third-order valence-corrected chi connectivity index (χ3v) is 4.49. The second kappa shape index (κ2) is 7.42. The van der Waals surface area contributed by atoms with Crippen LogP contribution in [0.3, 0.4) is 0 Å². The molecule has 2 aromatic carbocycles.